The van der Waals surface area contributed by atoms with Gasteiger partial charge < -0.3 is 19.9 Å². The Balaban J connectivity index is 1.23. The molecule has 2 N–H and O–H groups in total. The zero-order valence-corrected chi connectivity index (χ0v) is 17.7. The number of aliphatic carboxylic acids is 1. The van der Waals surface area contributed by atoms with Gasteiger partial charge in [-0.15, -0.1) is 0 Å². The van der Waals surface area contributed by atoms with E-state index in [9.17, 15) is 19.1 Å². The van der Waals surface area contributed by atoms with Crippen molar-refractivity contribution in [3.8, 4) is 5.75 Å². The largest absolute Gasteiger partial charge is 0.493 e. The van der Waals surface area contributed by atoms with Crippen molar-refractivity contribution in [1.29, 1.82) is 0 Å². The first-order valence-electron chi connectivity index (χ1n) is 11.4. The fourth-order valence-corrected chi connectivity index (χ4v) is 6.91. The molecule has 0 aliphatic heterocycles. The molecule has 1 aromatic rings. The van der Waals surface area contributed by atoms with Gasteiger partial charge in [-0.2, -0.15) is 0 Å². The van der Waals surface area contributed by atoms with E-state index in [1.165, 1.54) is 38.9 Å². The Kier molecular flexibility index (Phi) is 4.05. The summed E-state index contributed by atoms with van der Waals surface area (Å²) in [5.74, 6) is 0.729. The molecule has 6 aliphatic carbocycles. The van der Waals surface area contributed by atoms with Gasteiger partial charge in [-0.3, -0.25) is 4.79 Å². The van der Waals surface area contributed by atoms with E-state index in [1.54, 1.807) is 6.07 Å². The van der Waals surface area contributed by atoms with Gasteiger partial charge in [-0.1, -0.05) is 0 Å². The van der Waals surface area contributed by atoms with Crippen LogP contribution in [-0.4, -0.2) is 42.3 Å². The number of carbonyl (C=O) groups excluding carboxylic acids is 1. The highest BCUT2D eigenvalue weighted by Crippen LogP contribution is 2.70. The highest BCUT2D eigenvalue weighted by Gasteiger charge is 2.64. The Labute approximate surface area is 180 Å². The fourth-order valence-electron chi connectivity index (χ4n) is 6.91. The summed E-state index contributed by atoms with van der Waals surface area (Å²) in [6, 6.07) is 2.90. The van der Waals surface area contributed by atoms with E-state index < -0.39 is 29.3 Å². The van der Waals surface area contributed by atoms with Crippen molar-refractivity contribution in [2.24, 2.45) is 23.2 Å². The van der Waals surface area contributed by atoms with E-state index in [0.29, 0.717) is 12.4 Å². The summed E-state index contributed by atoms with van der Waals surface area (Å²) in [6.07, 6.45) is 6.68. The van der Waals surface area contributed by atoms with E-state index in [4.69, 9.17) is 9.47 Å². The van der Waals surface area contributed by atoms with Crippen LogP contribution in [0.2, 0.25) is 0 Å². The summed E-state index contributed by atoms with van der Waals surface area (Å²) in [7, 11) is 1.40. The summed E-state index contributed by atoms with van der Waals surface area (Å²) in [4.78, 5) is 24.4. The minimum Gasteiger partial charge on any atom is -0.493 e. The Bertz CT molecular complexity index is 961. The molecule has 1 amide bonds. The standard InChI is InChI=1S/C24H28FNO5/c1-30-20-10-24(20,22(28)29)26-21(27)17-6-16(12-2-3-12)19(7-18(17)25)31-11-23-8-13-4-15(23)5-14(13)9-23/h6-7,12-15,20H,2-5,8-11H2,1H3,(H,26,27)(H,28,29). The molecule has 166 valence electrons. The summed E-state index contributed by atoms with van der Waals surface area (Å²) in [5, 5.41) is 12.0. The van der Waals surface area contributed by atoms with Gasteiger partial charge in [0.25, 0.3) is 5.91 Å². The Morgan fingerprint density at radius 2 is 1.90 bits per heavy atom. The van der Waals surface area contributed by atoms with Crippen LogP contribution in [0.3, 0.4) is 0 Å². The molecule has 6 nitrogen and oxygen atoms in total. The van der Waals surface area contributed by atoms with Crippen LogP contribution in [0.1, 0.15) is 66.8 Å². The van der Waals surface area contributed by atoms with Crippen LogP contribution in [-0.2, 0) is 9.53 Å². The number of methoxy groups -OCH3 is 1. The molecule has 6 aliphatic rings. The summed E-state index contributed by atoms with van der Waals surface area (Å²) >= 11 is 0. The van der Waals surface area contributed by atoms with Crippen molar-refractivity contribution in [3.05, 3.63) is 29.1 Å². The fraction of sp³-hybridized carbons (Fsp3) is 0.667. The van der Waals surface area contributed by atoms with Crippen molar-refractivity contribution in [1.82, 2.24) is 5.32 Å². The first-order chi connectivity index (χ1) is 14.8. The number of carboxylic acid groups (broad SMARTS) is 1. The smallest absolute Gasteiger partial charge is 0.332 e. The minimum atomic E-state index is -1.48. The molecule has 0 radical (unpaired) electrons. The number of rotatable bonds is 8. The third-order valence-corrected chi connectivity index (χ3v) is 8.82. The lowest BCUT2D eigenvalue weighted by atomic mass is 9.82. The van der Waals surface area contributed by atoms with E-state index in [1.807, 2.05) is 0 Å². The highest BCUT2D eigenvalue weighted by molar-refractivity contribution is 6.00. The molecule has 31 heavy (non-hydrogen) atoms. The number of amides is 1. The lowest BCUT2D eigenvalue weighted by molar-refractivity contribution is -0.141. The van der Waals surface area contributed by atoms with Crippen LogP contribution < -0.4 is 10.1 Å². The molecule has 1 aromatic carbocycles. The van der Waals surface area contributed by atoms with Gasteiger partial charge in [0.1, 0.15) is 11.6 Å². The molecule has 0 spiro atoms. The van der Waals surface area contributed by atoms with Crippen molar-refractivity contribution < 1.29 is 28.6 Å². The average Bonchev–Trinajstić information content (AvgIpc) is 3.55. The number of halogens is 1. The highest BCUT2D eigenvalue weighted by atomic mass is 19.1. The third-order valence-electron chi connectivity index (χ3n) is 8.82. The lowest BCUT2D eigenvalue weighted by Crippen LogP contribution is -2.46. The number of hydrogen-bond acceptors (Lipinski definition) is 4. The number of nitrogens with one attached hydrogen (secondary N) is 1. The molecule has 4 bridgehead atoms. The molecule has 0 aromatic heterocycles. The summed E-state index contributed by atoms with van der Waals surface area (Å²) in [6.45, 7) is 0.632. The first-order valence-corrected chi connectivity index (χ1v) is 11.4. The van der Waals surface area contributed by atoms with Crippen LogP contribution in [0.5, 0.6) is 5.75 Å². The quantitative estimate of drug-likeness (QED) is 0.661. The maximum Gasteiger partial charge on any atom is 0.332 e. The van der Waals surface area contributed by atoms with Crippen LogP contribution in [0, 0.1) is 29.0 Å². The van der Waals surface area contributed by atoms with Crippen LogP contribution in [0.15, 0.2) is 12.1 Å². The molecule has 7 heteroatoms. The number of hydrogen-bond donors (Lipinski definition) is 2. The topological polar surface area (TPSA) is 84.9 Å². The molecular weight excluding hydrogens is 401 g/mol. The maximum absolute atomic E-state index is 15.0. The Hall–Kier alpha value is -2.15. The second kappa shape index (κ2) is 6.44. The number of carbonyl (C=O) groups is 2. The maximum atomic E-state index is 15.0. The van der Waals surface area contributed by atoms with E-state index in [0.717, 1.165) is 36.2 Å². The van der Waals surface area contributed by atoms with Crippen molar-refractivity contribution in [2.75, 3.05) is 13.7 Å². The Morgan fingerprint density at radius 1 is 1.19 bits per heavy atom. The second-order valence-electron chi connectivity index (χ2n) is 10.6. The van der Waals surface area contributed by atoms with Crippen molar-refractivity contribution in [3.63, 3.8) is 0 Å². The lowest BCUT2D eigenvalue weighted by Gasteiger charge is -2.29. The van der Waals surface area contributed by atoms with Gasteiger partial charge in [0.15, 0.2) is 5.54 Å². The number of ether oxygens (including phenoxy) is 2. The normalized spacial score (nSPS) is 39.2. The third kappa shape index (κ3) is 2.85. The number of benzene rings is 1. The first kappa shape index (κ1) is 19.5. The van der Waals surface area contributed by atoms with E-state index in [-0.39, 0.29) is 23.3 Å². The summed E-state index contributed by atoms with van der Waals surface area (Å²) in [5.41, 5.74) is -0.475. The van der Waals surface area contributed by atoms with Gasteiger partial charge >= 0.3 is 5.97 Å². The predicted octanol–water partition coefficient (Wildman–Crippen LogP) is 3.49. The van der Waals surface area contributed by atoms with Gasteiger partial charge in [0.2, 0.25) is 0 Å². The SMILES string of the molecule is COC1CC1(NC(=O)c1cc(C2CC2)c(OCC23CC4CC2CC4C3)cc1F)C(=O)O. The molecule has 6 saturated carbocycles. The molecule has 4 atom stereocenters. The van der Waals surface area contributed by atoms with Crippen molar-refractivity contribution >= 4 is 11.9 Å². The molecule has 0 heterocycles. The Morgan fingerprint density at radius 3 is 2.42 bits per heavy atom. The van der Waals surface area contributed by atoms with Crippen molar-refractivity contribution in [2.45, 2.75) is 62.5 Å². The van der Waals surface area contributed by atoms with Crippen LogP contribution >= 0.6 is 0 Å². The number of carboxylic acids is 1. The zero-order valence-electron chi connectivity index (χ0n) is 17.7. The van der Waals surface area contributed by atoms with Gasteiger partial charge in [-0.25, -0.2) is 9.18 Å². The average molecular weight is 429 g/mol. The minimum absolute atomic E-state index is 0.126. The van der Waals surface area contributed by atoms with E-state index >= 15 is 0 Å². The van der Waals surface area contributed by atoms with Gasteiger partial charge in [0, 0.05) is 25.0 Å². The van der Waals surface area contributed by atoms with Crippen LogP contribution in [0.4, 0.5) is 4.39 Å². The molecule has 0 saturated heterocycles. The van der Waals surface area contributed by atoms with Crippen LogP contribution in [0.25, 0.3) is 0 Å². The zero-order chi connectivity index (χ0) is 21.5. The van der Waals surface area contributed by atoms with Gasteiger partial charge in [-0.05, 0) is 73.8 Å². The molecule has 4 unspecified atom stereocenters. The summed E-state index contributed by atoms with van der Waals surface area (Å²) < 4.78 is 26.4. The molecular formula is C24H28FNO5. The monoisotopic (exact) mass is 429 g/mol. The van der Waals surface area contributed by atoms with E-state index in [2.05, 4.69) is 5.32 Å². The molecule has 6 fully saturated rings. The predicted molar refractivity (Wildman–Crippen MR) is 108 cm³/mol. The molecule has 7 rings (SSSR count). The second-order valence-corrected chi connectivity index (χ2v) is 10.6. The van der Waals surface area contributed by atoms with Gasteiger partial charge in [0.05, 0.1) is 18.3 Å².